The number of imidazole rings is 1. The highest BCUT2D eigenvalue weighted by Crippen LogP contribution is 2.27. The minimum Gasteiger partial charge on any atom is -0.373 e. The summed E-state index contributed by atoms with van der Waals surface area (Å²) in [6.45, 7) is 9.17. The van der Waals surface area contributed by atoms with Gasteiger partial charge < -0.3 is 14.6 Å². The summed E-state index contributed by atoms with van der Waals surface area (Å²) in [4.78, 5) is 4.24. The third-order valence-electron chi connectivity index (χ3n) is 3.30. The summed E-state index contributed by atoms with van der Waals surface area (Å²) >= 11 is 0. The highest BCUT2D eigenvalue weighted by molar-refractivity contribution is 5.00. The van der Waals surface area contributed by atoms with E-state index in [1.807, 2.05) is 12.5 Å². The van der Waals surface area contributed by atoms with Crippen molar-refractivity contribution >= 4 is 0 Å². The first-order valence-corrected chi connectivity index (χ1v) is 6.45. The van der Waals surface area contributed by atoms with E-state index in [0.29, 0.717) is 6.04 Å². The molecule has 0 amide bonds. The smallest absolute Gasteiger partial charge is 0.0949 e. The molecule has 0 saturated carbocycles. The maximum absolute atomic E-state index is 5.83. The Labute approximate surface area is 103 Å². The molecule has 1 aliphatic heterocycles. The zero-order valence-corrected chi connectivity index (χ0v) is 11.1. The lowest BCUT2D eigenvalue weighted by Crippen LogP contribution is -2.31. The molecule has 0 bridgehead atoms. The lowest BCUT2D eigenvalue weighted by atomic mass is 10.0. The normalized spacial score (nSPS) is 24.7. The topological polar surface area (TPSA) is 39.1 Å². The molecule has 17 heavy (non-hydrogen) atoms. The van der Waals surface area contributed by atoms with E-state index in [1.165, 1.54) is 12.1 Å². The molecule has 1 unspecified atom stereocenters. The van der Waals surface area contributed by atoms with Crippen LogP contribution in [0.4, 0.5) is 0 Å². The molecule has 1 aromatic heterocycles. The van der Waals surface area contributed by atoms with E-state index >= 15 is 0 Å². The van der Waals surface area contributed by atoms with Gasteiger partial charge >= 0.3 is 0 Å². The van der Waals surface area contributed by atoms with Gasteiger partial charge in [0.2, 0.25) is 0 Å². The molecule has 1 saturated heterocycles. The molecule has 0 aliphatic carbocycles. The Morgan fingerprint density at radius 1 is 1.59 bits per heavy atom. The minimum absolute atomic E-state index is 0.00667. The van der Waals surface area contributed by atoms with E-state index < -0.39 is 0 Å². The molecule has 96 valence electrons. The van der Waals surface area contributed by atoms with Crippen LogP contribution in [0, 0.1) is 0 Å². The average molecular weight is 237 g/mol. The van der Waals surface area contributed by atoms with Gasteiger partial charge in [0.1, 0.15) is 0 Å². The van der Waals surface area contributed by atoms with E-state index in [0.717, 1.165) is 26.1 Å². The number of nitrogens with zero attached hydrogens (tertiary/aromatic N) is 2. The summed E-state index contributed by atoms with van der Waals surface area (Å²) in [6, 6.07) is 0.497. The second kappa shape index (κ2) is 5.19. The van der Waals surface area contributed by atoms with Crippen LogP contribution in [0.1, 0.15) is 39.3 Å². The summed E-state index contributed by atoms with van der Waals surface area (Å²) in [6.07, 6.45) is 6.16. The van der Waals surface area contributed by atoms with Gasteiger partial charge in [0.15, 0.2) is 0 Å². The lowest BCUT2D eigenvalue weighted by molar-refractivity contribution is 0.00561. The van der Waals surface area contributed by atoms with Gasteiger partial charge in [-0.15, -0.1) is 0 Å². The molecule has 0 radical (unpaired) electrons. The van der Waals surface area contributed by atoms with Gasteiger partial charge in [0.05, 0.1) is 24.2 Å². The maximum atomic E-state index is 5.83. The molecule has 1 N–H and O–H groups in total. The Bertz CT molecular complexity index is 353. The van der Waals surface area contributed by atoms with Crippen LogP contribution in [0.5, 0.6) is 0 Å². The molecule has 1 atom stereocenters. The molecule has 1 aliphatic rings. The third-order valence-corrected chi connectivity index (χ3v) is 3.30. The van der Waals surface area contributed by atoms with Crippen LogP contribution in [0.3, 0.4) is 0 Å². The van der Waals surface area contributed by atoms with Crippen molar-refractivity contribution in [3.8, 4) is 0 Å². The zero-order chi connectivity index (χ0) is 12.3. The van der Waals surface area contributed by atoms with E-state index in [4.69, 9.17) is 4.74 Å². The van der Waals surface area contributed by atoms with Crippen LogP contribution in [-0.2, 0) is 17.8 Å². The van der Waals surface area contributed by atoms with E-state index in [2.05, 4.69) is 35.6 Å². The van der Waals surface area contributed by atoms with Gasteiger partial charge in [-0.25, -0.2) is 4.98 Å². The van der Waals surface area contributed by atoms with Crippen LogP contribution in [0.25, 0.3) is 0 Å². The van der Waals surface area contributed by atoms with Crippen LogP contribution < -0.4 is 5.32 Å². The Hall–Kier alpha value is -0.870. The first-order chi connectivity index (χ1) is 8.09. The molecule has 2 heterocycles. The second-order valence-corrected chi connectivity index (χ2v) is 5.45. The van der Waals surface area contributed by atoms with Crippen LogP contribution in [0.2, 0.25) is 0 Å². The van der Waals surface area contributed by atoms with E-state index in [1.54, 1.807) is 0 Å². The molecule has 4 nitrogen and oxygen atoms in total. The standard InChI is InChI=1S/C13H23N3O/c1-11(2)15-8-12-7-14-10-16(12)9-13(3)5-4-6-17-13/h7,10-11,15H,4-6,8-9H2,1-3H3. The predicted molar refractivity (Wildman–Crippen MR) is 67.8 cm³/mol. The van der Waals surface area contributed by atoms with Gasteiger partial charge in [0, 0.05) is 25.4 Å². The number of hydrogen-bond acceptors (Lipinski definition) is 3. The SMILES string of the molecule is CC(C)NCc1cncn1CC1(C)CCCO1. The Morgan fingerprint density at radius 3 is 3.06 bits per heavy atom. The fourth-order valence-corrected chi connectivity index (χ4v) is 2.27. The van der Waals surface area contributed by atoms with Crippen molar-refractivity contribution in [2.45, 2.75) is 58.3 Å². The molecular weight excluding hydrogens is 214 g/mol. The van der Waals surface area contributed by atoms with Gasteiger partial charge in [-0.2, -0.15) is 0 Å². The number of nitrogens with one attached hydrogen (secondary N) is 1. The maximum Gasteiger partial charge on any atom is 0.0949 e. The van der Waals surface area contributed by atoms with Crippen molar-refractivity contribution in [3.63, 3.8) is 0 Å². The first-order valence-electron chi connectivity index (χ1n) is 6.45. The molecule has 0 spiro atoms. The average Bonchev–Trinajstić information content (AvgIpc) is 2.85. The second-order valence-electron chi connectivity index (χ2n) is 5.45. The number of hydrogen-bond donors (Lipinski definition) is 1. The van der Waals surface area contributed by atoms with Crippen molar-refractivity contribution in [1.82, 2.24) is 14.9 Å². The molecule has 2 rings (SSSR count). The minimum atomic E-state index is -0.00667. The van der Waals surface area contributed by atoms with Gasteiger partial charge in [0.25, 0.3) is 0 Å². The highest BCUT2D eigenvalue weighted by atomic mass is 16.5. The zero-order valence-electron chi connectivity index (χ0n) is 11.1. The van der Waals surface area contributed by atoms with E-state index in [-0.39, 0.29) is 5.60 Å². The van der Waals surface area contributed by atoms with Gasteiger partial charge in [-0.1, -0.05) is 13.8 Å². The molecular formula is C13H23N3O. The summed E-state index contributed by atoms with van der Waals surface area (Å²) in [5.41, 5.74) is 1.23. The summed E-state index contributed by atoms with van der Waals surface area (Å²) in [5.74, 6) is 0. The Kier molecular flexibility index (Phi) is 3.84. The highest BCUT2D eigenvalue weighted by Gasteiger charge is 2.30. The fraction of sp³-hybridized carbons (Fsp3) is 0.769. The number of ether oxygens (including phenoxy) is 1. The molecule has 0 aromatic carbocycles. The molecule has 4 heteroatoms. The van der Waals surface area contributed by atoms with Crippen molar-refractivity contribution in [2.75, 3.05) is 6.61 Å². The first kappa shape index (κ1) is 12.6. The third kappa shape index (κ3) is 3.30. The van der Waals surface area contributed by atoms with Gasteiger partial charge in [-0.05, 0) is 19.8 Å². The van der Waals surface area contributed by atoms with Crippen LogP contribution in [-0.4, -0.2) is 27.8 Å². The summed E-state index contributed by atoms with van der Waals surface area (Å²) in [5, 5.41) is 3.42. The Balaban J connectivity index is 1.98. The monoisotopic (exact) mass is 237 g/mol. The van der Waals surface area contributed by atoms with Crippen molar-refractivity contribution < 1.29 is 4.74 Å². The molecule has 1 aromatic rings. The predicted octanol–water partition coefficient (Wildman–Crippen LogP) is 1.95. The Morgan fingerprint density at radius 2 is 2.41 bits per heavy atom. The van der Waals surface area contributed by atoms with E-state index in [9.17, 15) is 0 Å². The van der Waals surface area contributed by atoms with Crippen LogP contribution >= 0.6 is 0 Å². The lowest BCUT2D eigenvalue weighted by Gasteiger charge is -2.24. The quantitative estimate of drug-likeness (QED) is 0.850. The van der Waals surface area contributed by atoms with Crippen LogP contribution in [0.15, 0.2) is 12.5 Å². The fourth-order valence-electron chi connectivity index (χ4n) is 2.27. The van der Waals surface area contributed by atoms with Crippen molar-refractivity contribution in [1.29, 1.82) is 0 Å². The summed E-state index contributed by atoms with van der Waals surface area (Å²) in [7, 11) is 0. The summed E-state index contributed by atoms with van der Waals surface area (Å²) < 4.78 is 8.03. The largest absolute Gasteiger partial charge is 0.373 e. The molecule has 1 fully saturated rings. The number of rotatable bonds is 5. The van der Waals surface area contributed by atoms with Crippen molar-refractivity contribution in [2.24, 2.45) is 0 Å². The van der Waals surface area contributed by atoms with Gasteiger partial charge in [-0.3, -0.25) is 0 Å². The van der Waals surface area contributed by atoms with Crippen molar-refractivity contribution in [3.05, 3.63) is 18.2 Å². The number of aromatic nitrogens is 2.